The number of benzene rings is 3. The first-order valence-corrected chi connectivity index (χ1v) is 11.2. The standard InChI is InChI=1S/C24H16ClFN2O5S/c25-20-12-18(26)8-7-17(20)13-27-23(29)22(34-24(27)30)11-16-3-1-2-4-21(16)33-14-15-5-9-19(10-6-15)28(31)32/h1-12H,13-14H2/b22-11-. The first-order chi connectivity index (χ1) is 16.3. The molecule has 0 saturated carbocycles. The summed E-state index contributed by atoms with van der Waals surface area (Å²) in [4.78, 5) is 36.9. The van der Waals surface area contributed by atoms with Crippen molar-refractivity contribution in [1.82, 2.24) is 4.90 Å². The Labute approximate surface area is 202 Å². The number of para-hydroxylation sites is 1. The third-order valence-corrected chi connectivity index (χ3v) is 6.22. The molecule has 2 amide bonds. The van der Waals surface area contributed by atoms with Crippen LogP contribution >= 0.6 is 23.4 Å². The van der Waals surface area contributed by atoms with Crippen molar-refractivity contribution in [3.8, 4) is 5.75 Å². The van der Waals surface area contributed by atoms with E-state index < -0.39 is 21.9 Å². The molecule has 4 rings (SSSR count). The van der Waals surface area contributed by atoms with E-state index in [0.29, 0.717) is 16.9 Å². The molecule has 3 aromatic rings. The van der Waals surface area contributed by atoms with Crippen molar-refractivity contribution in [2.24, 2.45) is 0 Å². The number of carbonyl (C=O) groups is 2. The lowest BCUT2D eigenvalue weighted by atomic mass is 10.1. The summed E-state index contributed by atoms with van der Waals surface area (Å²) in [5.74, 6) is -0.511. The number of thioether (sulfide) groups is 1. The molecular formula is C24H16ClFN2O5S. The predicted molar refractivity (Wildman–Crippen MR) is 127 cm³/mol. The van der Waals surface area contributed by atoms with E-state index >= 15 is 0 Å². The van der Waals surface area contributed by atoms with Gasteiger partial charge in [0.1, 0.15) is 18.2 Å². The van der Waals surface area contributed by atoms with Crippen LogP contribution in [0.25, 0.3) is 6.08 Å². The number of imide groups is 1. The van der Waals surface area contributed by atoms with Crippen LogP contribution in [0.4, 0.5) is 14.9 Å². The van der Waals surface area contributed by atoms with Gasteiger partial charge in [-0.05, 0) is 59.3 Å². The maximum absolute atomic E-state index is 13.3. The smallest absolute Gasteiger partial charge is 0.293 e. The lowest BCUT2D eigenvalue weighted by Gasteiger charge is -2.13. The summed E-state index contributed by atoms with van der Waals surface area (Å²) in [6.07, 6.45) is 1.57. The maximum Gasteiger partial charge on any atom is 0.293 e. The quantitative estimate of drug-likeness (QED) is 0.219. The molecule has 0 N–H and O–H groups in total. The molecule has 34 heavy (non-hydrogen) atoms. The Kier molecular flexibility index (Phi) is 6.95. The number of nitrogens with zero attached hydrogens (tertiary/aromatic N) is 2. The Morgan fingerprint density at radius 1 is 1.09 bits per heavy atom. The van der Waals surface area contributed by atoms with Gasteiger partial charge in [0.25, 0.3) is 16.8 Å². The summed E-state index contributed by atoms with van der Waals surface area (Å²) in [5, 5.41) is 10.5. The molecule has 10 heteroatoms. The zero-order valence-electron chi connectivity index (χ0n) is 17.4. The lowest BCUT2D eigenvalue weighted by molar-refractivity contribution is -0.384. The lowest BCUT2D eigenvalue weighted by Crippen LogP contribution is -2.27. The minimum absolute atomic E-state index is 0.0122. The minimum atomic E-state index is -0.506. The van der Waals surface area contributed by atoms with Gasteiger partial charge in [0, 0.05) is 22.7 Å². The SMILES string of the molecule is O=C1S/C(=C\c2ccccc2OCc2ccc([N+](=O)[O-])cc2)C(=O)N1Cc1ccc(F)cc1Cl. The Bertz CT molecular complexity index is 1310. The zero-order chi connectivity index (χ0) is 24.2. The number of hydrogen-bond acceptors (Lipinski definition) is 6. The molecule has 1 saturated heterocycles. The van der Waals surface area contributed by atoms with Gasteiger partial charge < -0.3 is 4.74 Å². The second-order valence-electron chi connectivity index (χ2n) is 7.25. The number of hydrogen-bond donors (Lipinski definition) is 0. The molecule has 1 heterocycles. The number of rotatable bonds is 7. The van der Waals surface area contributed by atoms with E-state index in [1.165, 1.54) is 24.3 Å². The molecule has 0 radical (unpaired) electrons. The predicted octanol–water partition coefficient (Wildman–Crippen LogP) is 6.20. The Balaban J connectivity index is 1.50. The minimum Gasteiger partial charge on any atom is -0.488 e. The van der Waals surface area contributed by atoms with E-state index in [1.807, 2.05) is 0 Å². The molecule has 0 aromatic heterocycles. The van der Waals surface area contributed by atoms with Crippen LogP contribution < -0.4 is 4.74 Å². The number of non-ortho nitro benzene ring substituents is 1. The number of nitro benzene ring substituents is 1. The summed E-state index contributed by atoms with van der Waals surface area (Å²) in [5.41, 5.74) is 1.77. The van der Waals surface area contributed by atoms with Gasteiger partial charge in [-0.1, -0.05) is 35.9 Å². The molecule has 0 spiro atoms. The van der Waals surface area contributed by atoms with Crippen molar-refractivity contribution in [3.05, 3.63) is 109 Å². The molecule has 0 bridgehead atoms. The van der Waals surface area contributed by atoms with Crippen LogP contribution in [0.2, 0.25) is 5.02 Å². The highest BCUT2D eigenvalue weighted by Gasteiger charge is 2.35. The van der Waals surface area contributed by atoms with E-state index in [2.05, 4.69) is 0 Å². The summed E-state index contributed by atoms with van der Waals surface area (Å²) < 4.78 is 19.2. The monoisotopic (exact) mass is 498 g/mol. The molecule has 0 aliphatic carbocycles. The summed E-state index contributed by atoms with van der Waals surface area (Å²) in [7, 11) is 0. The van der Waals surface area contributed by atoms with E-state index in [4.69, 9.17) is 16.3 Å². The largest absolute Gasteiger partial charge is 0.488 e. The first kappa shape index (κ1) is 23.5. The molecule has 3 aromatic carbocycles. The summed E-state index contributed by atoms with van der Waals surface area (Å²) in [6.45, 7) is 0.0901. The third-order valence-electron chi connectivity index (χ3n) is 4.96. The number of nitro groups is 1. The molecule has 0 atom stereocenters. The molecule has 172 valence electrons. The van der Waals surface area contributed by atoms with Gasteiger partial charge in [-0.3, -0.25) is 24.6 Å². The van der Waals surface area contributed by atoms with Gasteiger partial charge in [-0.15, -0.1) is 0 Å². The van der Waals surface area contributed by atoms with Crippen LogP contribution in [-0.2, 0) is 17.9 Å². The van der Waals surface area contributed by atoms with Crippen LogP contribution in [0.5, 0.6) is 5.75 Å². The first-order valence-electron chi connectivity index (χ1n) is 9.96. The van der Waals surface area contributed by atoms with Crippen molar-refractivity contribution in [2.45, 2.75) is 13.2 Å². The second kappa shape index (κ2) is 10.1. The molecule has 1 fully saturated rings. The zero-order valence-corrected chi connectivity index (χ0v) is 19.0. The number of ether oxygens (including phenoxy) is 1. The van der Waals surface area contributed by atoms with E-state index in [9.17, 15) is 24.1 Å². The highest BCUT2D eigenvalue weighted by molar-refractivity contribution is 8.18. The maximum atomic E-state index is 13.3. The van der Waals surface area contributed by atoms with Crippen LogP contribution in [0.15, 0.2) is 71.6 Å². The average molecular weight is 499 g/mol. The fourth-order valence-electron chi connectivity index (χ4n) is 3.20. The molecular weight excluding hydrogens is 483 g/mol. The van der Waals surface area contributed by atoms with Crippen LogP contribution in [-0.4, -0.2) is 21.0 Å². The van der Waals surface area contributed by atoms with Gasteiger partial charge in [-0.2, -0.15) is 0 Å². The van der Waals surface area contributed by atoms with Crippen LogP contribution in [0.1, 0.15) is 16.7 Å². The Morgan fingerprint density at radius 2 is 1.82 bits per heavy atom. The molecule has 7 nitrogen and oxygen atoms in total. The van der Waals surface area contributed by atoms with Gasteiger partial charge in [-0.25, -0.2) is 4.39 Å². The molecule has 1 aliphatic rings. The number of amides is 2. The highest BCUT2D eigenvalue weighted by atomic mass is 35.5. The Hall–Kier alpha value is -3.69. The van der Waals surface area contributed by atoms with Crippen molar-refractivity contribution in [2.75, 3.05) is 0 Å². The van der Waals surface area contributed by atoms with Crippen molar-refractivity contribution in [1.29, 1.82) is 0 Å². The van der Waals surface area contributed by atoms with Crippen molar-refractivity contribution >= 4 is 46.3 Å². The van der Waals surface area contributed by atoms with E-state index in [1.54, 1.807) is 42.5 Å². The normalized spacial score (nSPS) is 14.6. The molecule has 1 aliphatic heterocycles. The topological polar surface area (TPSA) is 89.7 Å². The van der Waals surface area contributed by atoms with Gasteiger partial charge >= 0.3 is 0 Å². The third kappa shape index (κ3) is 5.27. The van der Waals surface area contributed by atoms with Crippen molar-refractivity contribution in [3.63, 3.8) is 0 Å². The fourth-order valence-corrected chi connectivity index (χ4v) is 4.26. The van der Waals surface area contributed by atoms with E-state index in [0.717, 1.165) is 28.3 Å². The van der Waals surface area contributed by atoms with Crippen molar-refractivity contribution < 1.29 is 23.6 Å². The molecule has 0 unspecified atom stereocenters. The highest BCUT2D eigenvalue weighted by Crippen LogP contribution is 2.35. The van der Waals surface area contributed by atoms with Gasteiger partial charge in [0.15, 0.2) is 0 Å². The average Bonchev–Trinajstić information content (AvgIpc) is 3.07. The van der Waals surface area contributed by atoms with Gasteiger partial charge in [0.2, 0.25) is 0 Å². The summed E-state index contributed by atoms with van der Waals surface area (Å²) >= 11 is 6.83. The summed E-state index contributed by atoms with van der Waals surface area (Å²) in [6, 6.07) is 16.8. The van der Waals surface area contributed by atoms with Crippen LogP contribution in [0.3, 0.4) is 0 Å². The Morgan fingerprint density at radius 3 is 2.53 bits per heavy atom. The number of halogens is 2. The van der Waals surface area contributed by atoms with E-state index in [-0.39, 0.29) is 28.8 Å². The van der Waals surface area contributed by atoms with Gasteiger partial charge in [0.05, 0.1) is 16.4 Å². The fraction of sp³-hybridized carbons (Fsp3) is 0.0833. The second-order valence-corrected chi connectivity index (χ2v) is 8.65. The van der Waals surface area contributed by atoms with Crippen LogP contribution in [0, 0.1) is 15.9 Å². The number of carbonyl (C=O) groups excluding carboxylic acids is 2.